The number of nitrogens with one attached hydrogen (secondary N) is 1. The molecular weight excluding hydrogens is 465 g/mol. The fraction of sp³-hybridized carbons (Fsp3) is 0.429. The van der Waals surface area contributed by atoms with Crippen LogP contribution in [0.4, 0.5) is 0 Å². The summed E-state index contributed by atoms with van der Waals surface area (Å²) in [5.74, 6) is 1.07. The third-order valence-electron chi connectivity index (χ3n) is 4.91. The molecule has 3 rings (SSSR count). The molecule has 152 valence electrons. The minimum absolute atomic E-state index is 0. The molecule has 1 atom stereocenters. The second-order valence-corrected chi connectivity index (χ2v) is 6.75. The van der Waals surface area contributed by atoms with Crippen LogP contribution >= 0.6 is 24.0 Å². The molecule has 2 aromatic rings. The van der Waals surface area contributed by atoms with Crippen LogP contribution in [-0.4, -0.2) is 41.5 Å². The Balaban J connectivity index is 0.00000280. The van der Waals surface area contributed by atoms with E-state index in [1.54, 1.807) is 6.20 Å². The third kappa shape index (κ3) is 6.63. The summed E-state index contributed by atoms with van der Waals surface area (Å²) in [7, 11) is 0. The van der Waals surface area contributed by atoms with Crippen LogP contribution in [0.1, 0.15) is 30.9 Å². The summed E-state index contributed by atoms with van der Waals surface area (Å²) in [5.41, 5.74) is 8.09. The van der Waals surface area contributed by atoms with Crippen LogP contribution < -0.4 is 15.8 Å². The van der Waals surface area contributed by atoms with Gasteiger partial charge in [0.1, 0.15) is 6.61 Å². The molecule has 0 spiro atoms. The van der Waals surface area contributed by atoms with Crippen LogP contribution in [-0.2, 0) is 13.2 Å². The maximum atomic E-state index is 6.06. The molecule has 0 amide bonds. The molecule has 2 heterocycles. The van der Waals surface area contributed by atoms with Crippen LogP contribution in [0.2, 0.25) is 0 Å². The van der Waals surface area contributed by atoms with E-state index in [4.69, 9.17) is 10.5 Å². The van der Waals surface area contributed by atoms with Crippen LogP contribution in [0.3, 0.4) is 0 Å². The lowest BCUT2D eigenvalue weighted by molar-refractivity contribution is 0.267. The first-order valence-corrected chi connectivity index (χ1v) is 9.64. The van der Waals surface area contributed by atoms with Crippen molar-refractivity contribution in [1.82, 2.24) is 15.2 Å². The molecule has 1 saturated heterocycles. The molecule has 1 aromatic heterocycles. The van der Waals surface area contributed by atoms with Crippen LogP contribution in [0.5, 0.6) is 5.88 Å². The van der Waals surface area contributed by atoms with Crippen LogP contribution in [0, 0.1) is 0 Å². The molecule has 1 fully saturated rings. The Bertz CT molecular complexity index is 741. The summed E-state index contributed by atoms with van der Waals surface area (Å²) in [6.07, 6.45) is 4.21. The molecule has 0 radical (unpaired) electrons. The zero-order valence-electron chi connectivity index (χ0n) is 16.4. The lowest BCUT2D eigenvalue weighted by Crippen LogP contribution is -2.42. The van der Waals surface area contributed by atoms with Crippen molar-refractivity contribution in [3.8, 4) is 5.88 Å². The number of rotatable bonds is 8. The molecule has 0 aliphatic carbocycles. The molecule has 1 aliphatic heterocycles. The number of hydrogen-bond acceptors (Lipinski definition) is 4. The van der Waals surface area contributed by atoms with Crippen molar-refractivity contribution >= 4 is 29.9 Å². The van der Waals surface area contributed by atoms with Gasteiger partial charge in [0.25, 0.3) is 0 Å². The molecule has 1 unspecified atom stereocenters. The maximum absolute atomic E-state index is 6.06. The standard InChI is InChI=1S/C21H29N5O.HI/c1-2-26-13-7-11-19(26)15-25-21(22)24-14-18-10-6-12-23-20(18)27-16-17-8-4-3-5-9-17;/h3-6,8-10,12,19H,2,7,11,13-16H2,1H3,(H3,22,24,25);1H. The monoisotopic (exact) mass is 495 g/mol. The Morgan fingerprint density at radius 1 is 1.29 bits per heavy atom. The summed E-state index contributed by atoms with van der Waals surface area (Å²) in [5, 5.41) is 3.26. The number of hydrogen-bond donors (Lipinski definition) is 2. The van der Waals surface area contributed by atoms with E-state index >= 15 is 0 Å². The Morgan fingerprint density at radius 3 is 2.89 bits per heavy atom. The van der Waals surface area contributed by atoms with Gasteiger partial charge in [-0.2, -0.15) is 0 Å². The quantitative estimate of drug-likeness (QED) is 0.335. The number of halogens is 1. The number of aliphatic imine (C=N–C) groups is 1. The number of nitrogens with two attached hydrogens (primary N) is 1. The lowest BCUT2D eigenvalue weighted by atomic mass is 10.2. The van der Waals surface area contributed by atoms with Gasteiger partial charge in [-0.25, -0.2) is 9.98 Å². The van der Waals surface area contributed by atoms with Gasteiger partial charge in [-0.15, -0.1) is 24.0 Å². The summed E-state index contributed by atoms with van der Waals surface area (Å²) in [4.78, 5) is 11.3. The first kappa shape index (κ1) is 22.4. The van der Waals surface area contributed by atoms with Gasteiger partial charge in [-0.1, -0.05) is 43.3 Å². The third-order valence-corrected chi connectivity index (χ3v) is 4.91. The van der Waals surface area contributed by atoms with Crippen molar-refractivity contribution in [2.24, 2.45) is 10.7 Å². The Morgan fingerprint density at radius 2 is 2.11 bits per heavy atom. The highest BCUT2D eigenvalue weighted by Gasteiger charge is 2.22. The Kier molecular flexibility index (Phi) is 9.49. The van der Waals surface area contributed by atoms with E-state index in [2.05, 4.69) is 27.1 Å². The van der Waals surface area contributed by atoms with Crippen molar-refractivity contribution in [3.05, 3.63) is 59.8 Å². The zero-order chi connectivity index (χ0) is 18.9. The maximum Gasteiger partial charge on any atom is 0.218 e. The molecular formula is C21H30IN5O. The number of likely N-dealkylation sites (tertiary alicyclic amines) is 1. The second kappa shape index (κ2) is 11.9. The van der Waals surface area contributed by atoms with Gasteiger partial charge in [0.05, 0.1) is 6.54 Å². The van der Waals surface area contributed by atoms with Crippen molar-refractivity contribution < 1.29 is 4.74 Å². The Hall–Kier alpha value is -1.87. The van der Waals surface area contributed by atoms with E-state index in [9.17, 15) is 0 Å². The zero-order valence-corrected chi connectivity index (χ0v) is 18.7. The number of aromatic nitrogens is 1. The average Bonchev–Trinajstić information content (AvgIpc) is 3.18. The van der Waals surface area contributed by atoms with E-state index in [0.29, 0.717) is 31.0 Å². The molecule has 0 saturated carbocycles. The van der Waals surface area contributed by atoms with Gasteiger partial charge in [0.15, 0.2) is 5.96 Å². The fourth-order valence-corrected chi connectivity index (χ4v) is 3.39. The van der Waals surface area contributed by atoms with E-state index in [1.165, 1.54) is 19.4 Å². The highest BCUT2D eigenvalue weighted by Crippen LogP contribution is 2.17. The highest BCUT2D eigenvalue weighted by molar-refractivity contribution is 14.0. The van der Waals surface area contributed by atoms with E-state index in [1.807, 2.05) is 42.5 Å². The topological polar surface area (TPSA) is 75.8 Å². The normalized spacial score (nSPS) is 17.2. The summed E-state index contributed by atoms with van der Waals surface area (Å²) < 4.78 is 5.88. The molecule has 1 aromatic carbocycles. The number of pyridine rings is 1. The van der Waals surface area contributed by atoms with Crippen molar-refractivity contribution in [3.63, 3.8) is 0 Å². The first-order valence-electron chi connectivity index (χ1n) is 9.64. The number of nitrogens with zero attached hydrogens (tertiary/aromatic N) is 3. The van der Waals surface area contributed by atoms with Gasteiger partial charge in [0, 0.05) is 24.3 Å². The minimum atomic E-state index is 0. The number of likely N-dealkylation sites (N-methyl/N-ethyl adjacent to an activating group) is 1. The van der Waals surface area contributed by atoms with Crippen molar-refractivity contribution in [1.29, 1.82) is 0 Å². The predicted molar refractivity (Wildman–Crippen MR) is 124 cm³/mol. The molecule has 1 aliphatic rings. The number of benzene rings is 1. The number of ether oxygens (including phenoxy) is 1. The summed E-state index contributed by atoms with van der Waals surface area (Å²) >= 11 is 0. The summed E-state index contributed by atoms with van der Waals surface area (Å²) in [6, 6.07) is 14.5. The summed E-state index contributed by atoms with van der Waals surface area (Å²) in [6.45, 7) is 6.23. The Labute approximate surface area is 184 Å². The fourth-order valence-electron chi connectivity index (χ4n) is 3.39. The molecule has 7 heteroatoms. The van der Waals surface area contributed by atoms with Gasteiger partial charge in [-0.05, 0) is 37.6 Å². The average molecular weight is 495 g/mol. The second-order valence-electron chi connectivity index (χ2n) is 6.75. The predicted octanol–water partition coefficient (Wildman–Crippen LogP) is 3.17. The highest BCUT2D eigenvalue weighted by atomic mass is 127. The van der Waals surface area contributed by atoms with Gasteiger partial charge >= 0.3 is 0 Å². The molecule has 0 bridgehead atoms. The lowest BCUT2D eigenvalue weighted by Gasteiger charge is -2.23. The first-order chi connectivity index (χ1) is 13.3. The van der Waals surface area contributed by atoms with Gasteiger partial charge in [0.2, 0.25) is 5.88 Å². The van der Waals surface area contributed by atoms with Crippen molar-refractivity contribution in [2.75, 3.05) is 19.6 Å². The van der Waals surface area contributed by atoms with Gasteiger partial charge in [-0.3, -0.25) is 4.90 Å². The molecule has 28 heavy (non-hydrogen) atoms. The van der Waals surface area contributed by atoms with Crippen molar-refractivity contribution in [2.45, 2.75) is 39.0 Å². The van der Waals surface area contributed by atoms with E-state index in [0.717, 1.165) is 24.2 Å². The van der Waals surface area contributed by atoms with E-state index in [-0.39, 0.29) is 24.0 Å². The SMILES string of the molecule is CCN1CCCC1CNC(N)=NCc1cccnc1OCc1ccccc1.I. The van der Waals surface area contributed by atoms with Gasteiger partial charge < -0.3 is 15.8 Å². The van der Waals surface area contributed by atoms with Crippen LogP contribution in [0.15, 0.2) is 53.7 Å². The number of guanidine groups is 1. The van der Waals surface area contributed by atoms with Crippen LogP contribution in [0.25, 0.3) is 0 Å². The van der Waals surface area contributed by atoms with E-state index < -0.39 is 0 Å². The smallest absolute Gasteiger partial charge is 0.218 e. The largest absolute Gasteiger partial charge is 0.473 e. The minimum Gasteiger partial charge on any atom is -0.473 e. The molecule has 6 nitrogen and oxygen atoms in total. The molecule has 3 N–H and O–H groups in total.